The number of carbonyl (C=O) groups is 1. The first-order chi connectivity index (χ1) is 6.75. The third-order valence-corrected chi connectivity index (χ3v) is 3.02. The van der Waals surface area contributed by atoms with E-state index in [4.69, 9.17) is 0 Å². The van der Waals surface area contributed by atoms with Crippen LogP contribution in [-0.2, 0) is 4.79 Å². The van der Waals surface area contributed by atoms with Gasteiger partial charge >= 0.3 is 5.97 Å². The molecule has 15 heavy (non-hydrogen) atoms. The average molecular weight is 213 g/mol. The van der Waals surface area contributed by atoms with Gasteiger partial charge in [-0.15, -0.1) is 0 Å². The summed E-state index contributed by atoms with van der Waals surface area (Å²) in [6.45, 7) is 8.21. The summed E-state index contributed by atoms with van der Waals surface area (Å²) in [6.07, 6.45) is 3.67. The molecule has 3 heteroatoms. The maximum Gasteiger partial charge on any atom is 0.323 e. The van der Waals surface area contributed by atoms with Crippen molar-refractivity contribution in [3.8, 4) is 0 Å². The molecule has 2 atom stereocenters. The Morgan fingerprint density at radius 1 is 1.47 bits per heavy atom. The summed E-state index contributed by atoms with van der Waals surface area (Å²) in [5, 5.41) is 12.7. The molecule has 1 rings (SSSR count). The molecule has 0 aromatic heterocycles. The summed E-state index contributed by atoms with van der Waals surface area (Å²) in [5.74, 6) is -0.186. The number of rotatable bonds is 2. The van der Waals surface area contributed by atoms with Crippen LogP contribution in [0, 0.1) is 5.92 Å². The van der Waals surface area contributed by atoms with Gasteiger partial charge in [0.15, 0.2) is 0 Å². The van der Waals surface area contributed by atoms with Crippen LogP contribution >= 0.6 is 0 Å². The fraction of sp³-hybridized carbons (Fsp3) is 0.917. The molecular weight excluding hydrogens is 190 g/mol. The van der Waals surface area contributed by atoms with Crippen molar-refractivity contribution >= 4 is 5.97 Å². The Hall–Kier alpha value is -0.570. The van der Waals surface area contributed by atoms with E-state index in [1.54, 1.807) is 0 Å². The molecule has 0 bridgehead atoms. The smallest absolute Gasteiger partial charge is 0.323 e. The van der Waals surface area contributed by atoms with Crippen LogP contribution < -0.4 is 5.32 Å². The molecule has 0 amide bonds. The molecule has 2 N–H and O–H groups in total. The summed E-state index contributed by atoms with van der Waals surface area (Å²) >= 11 is 0. The second kappa shape index (κ2) is 4.12. The topological polar surface area (TPSA) is 49.3 Å². The number of aliphatic carboxylic acids is 1. The van der Waals surface area contributed by atoms with E-state index in [-0.39, 0.29) is 5.54 Å². The monoisotopic (exact) mass is 213 g/mol. The van der Waals surface area contributed by atoms with Gasteiger partial charge in [0.2, 0.25) is 0 Å². The zero-order chi connectivity index (χ0) is 11.7. The van der Waals surface area contributed by atoms with Crippen molar-refractivity contribution in [2.45, 2.75) is 64.5 Å². The highest BCUT2D eigenvalue weighted by atomic mass is 16.4. The lowest BCUT2D eigenvalue weighted by molar-refractivity contribution is -0.148. The van der Waals surface area contributed by atoms with Crippen molar-refractivity contribution in [1.29, 1.82) is 0 Å². The highest BCUT2D eigenvalue weighted by molar-refractivity contribution is 5.79. The fourth-order valence-corrected chi connectivity index (χ4v) is 2.63. The second-order valence-electron chi connectivity index (χ2n) is 5.96. The predicted octanol–water partition coefficient (Wildman–Crippen LogP) is 2.41. The van der Waals surface area contributed by atoms with E-state index in [9.17, 15) is 9.90 Å². The van der Waals surface area contributed by atoms with Gasteiger partial charge in [0, 0.05) is 5.54 Å². The number of nitrogens with one attached hydrogen (secondary N) is 1. The fourth-order valence-electron chi connectivity index (χ4n) is 2.63. The molecule has 0 aromatic carbocycles. The van der Waals surface area contributed by atoms with Crippen LogP contribution in [0.15, 0.2) is 0 Å². The molecule has 88 valence electrons. The van der Waals surface area contributed by atoms with Gasteiger partial charge in [-0.2, -0.15) is 0 Å². The highest BCUT2D eigenvalue weighted by Gasteiger charge is 2.43. The average Bonchev–Trinajstić information content (AvgIpc) is 2.00. The van der Waals surface area contributed by atoms with Crippen molar-refractivity contribution in [3.63, 3.8) is 0 Å². The van der Waals surface area contributed by atoms with Gasteiger partial charge in [-0.25, -0.2) is 0 Å². The lowest BCUT2D eigenvalue weighted by Crippen LogP contribution is -2.60. The molecule has 0 aliphatic heterocycles. The highest BCUT2D eigenvalue weighted by Crippen LogP contribution is 2.33. The summed E-state index contributed by atoms with van der Waals surface area (Å²) in [6, 6.07) is 0. The van der Waals surface area contributed by atoms with Gasteiger partial charge < -0.3 is 5.11 Å². The third-order valence-electron chi connectivity index (χ3n) is 3.02. The molecule has 1 fully saturated rings. The van der Waals surface area contributed by atoms with Gasteiger partial charge in [-0.1, -0.05) is 19.8 Å². The Morgan fingerprint density at radius 3 is 2.47 bits per heavy atom. The van der Waals surface area contributed by atoms with Crippen molar-refractivity contribution in [1.82, 2.24) is 5.32 Å². The first-order valence-corrected chi connectivity index (χ1v) is 5.78. The minimum atomic E-state index is -0.698. The standard InChI is InChI=1S/C12H23NO2/c1-9-6-5-7-12(8-9,10(14)15)13-11(2,3)4/h9,13H,5-8H2,1-4H3,(H,14,15). The SMILES string of the molecule is CC1CCCC(NC(C)(C)C)(C(=O)O)C1. The van der Waals surface area contributed by atoms with Gasteiger partial charge in [0.05, 0.1) is 0 Å². The molecule has 0 radical (unpaired) electrons. The minimum absolute atomic E-state index is 0.143. The molecule has 1 saturated carbocycles. The Labute approximate surface area is 92.3 Å². The van der Waals surface area contributed by atoms with Crippen LogP contribution in [0.4, 0.5) is 0 Å². The summed E-state index contributed by atoms with van der Waals surface area (Å²) in [4.78, 5) is 11.4. The molecule has 0 saturated heterocycles. The molecule has 0 spiro atoms. The van der Waals surface area contributed by atoms with Crippen LogP contribution in [0.2, 0.25) is 0 Å². The van der Waals surface area contributed by atoms with E-state index in [0.29, 0.717) is 5.92 Å². The number of carboxylic acids is 1. The van der Waals surface area contributed by atoms with Crippen LogP contribution in [0.1, 0.15) is 53.4 Å². The van der Waals surface area contributed by atoms with E-state index >= 15 is 0 Å². The number of hydrogen-bond acceptors (Lipinski definition) is 2. The van der Waals surface area contributed by atoms with Crippen LogP contribution in [0.3, 0.4) is 0 Å². The van der Waals surface area contributed by atoms with E-state index in [1.165, 1.54) is 0 Å². The van der Waals surface area contributed by atoms with E-state index < -0.39 is 11.5 Å². The molecule has 1 aliphatic carbocycles. The van der Waals surface area contributed by atoms with Gasteiger partial charge in [-0.05, 0) is 39.5 Å². The minimum Gasteiger partial charge on any atom is -0.480 e. The maximum atomic E-state index is 11.4. The Kier molecular flexibility index (Phi) is 3.44. The first kappa shape index (κ1) is 12.5. The Balaban J connectivity index is 2.83. The molecule has 1 aliphatic rings. The molecule has 0 aromatic rings. The van der Waals surface area contributed by atoms with Crippen molar-refractivity contribution in [3.05, 3.63) is 0 Å². The second-order valence-corrected chi connectivity index (χ2v) is 5.96. The zero-order valence-corrected chi connectivity index (χ0v) is 10.3. The van der Waals surface area contributed by atoms with E-state index in [0.717, 1.165) is 25.7 Å². The van der Waals surface area contributed by atoms with E-state index in [1.807, 2.05) is 20.8 Å². The van der Waals surface area contributed by atoms with Crippen LogP contribution in [0.25, 0.3) is 0 Å². The number of carboxylic acid groups (broad SMARTS) is 1. The van der Waals surface area contributed by atoms with Crippen LogP contribution in [0.5, 0.6) is 0 Å². The summed E-state index contributed by atoms with van der Waals surface area (Å²) < 4.78 is 0. The quantitative estimate of drug-likeness (QED) is 0.740. The number of hydrogen-bond donors (Lipinski definition) is 2. The van der Waals surface area contributed by atoms with Gasteiger partial charge in [-0.3, -0.25) is 10.1 Å². The van der Waals surface area contributed by atoms with Gasteiger partial charge in [0.25, 0.3) is 0 Å². The zero-order valence-electron chi connectivity index (χ0n) is 10.3. The third kappa shape index (κ3) is 3.20. The van der Waals surface area contributed by atoms with Crippen molar-refractivity contribution < 1.29 is 9.90 Å². The molecule has 2 unspecified atom stereocenters. The summed E-state index contributed by atoms with van der Waals surface area (Å²) in [5.41, 5.74) is -0.842. The summed E-state index contributed by atoms with van der Waals surface area (Å²) in [7, 11) is 0. The normalized spacial score (nSPS) is 32.7. The van der Waals surface area contributed by atoms with Crippen molar-refractivity contribution in [2.24, 2.45) is 5.92 Å². The maximum absolute atomic E-state index is 11.4. The lowest BCUT2D eigenvalue weighted by atomic mass is 9.75. The van der Waals surface area contributed by atoms with E-state index in [2.05, 4.69) is 12.2 Å². The van der Waals surface area contributed by atoms with Crippen LogP contribution in [-0.4, -0.2) is 22.2 Å². The largest absolute Gasteiger partial charge is 0.480 e. The Morgan fingerprint density at radius 2 is 2.07 bits per heavy atom. The predicted molar refractivity (Wildman–Crippen MR) is 60.9 cm³/mol. The first-order valence-electron chi connectivity index (χ1n) is 5.78. The van der Waals surface area contributed by atoms with Gasteiger partial charge in [0.1, 0.15) is 5.54 Å². The Bertz CT molecular complexity index is 244. The molecule has 0 heterocycles. The lowest BCUT2D eigenvalue weighted by Gasteiger charge is -2.41. The van der Waals surface area contributed by atoms with Crippen molar-refractivity contribution in [2.75, 3.05) is 0 Å². The molecular formula is C12H23NO2. The molecule has 3 nitrogen and oxygen atoms in total.